The Kier molecular flexibility index (Phi) is 4.90. The second-order valence-electron chi connectivity index (χ2n) is 7.92. The van der Waals surface area contributed by atoms with Gasteiger partial charge in [0.25, 0.3) is 5.91 Å². The van der Waals surface area contributed by atoms with Gasteiger partial charge in [0.05, 0.1) is 22.6 Å². The van der Waals surface area contributed by atoms with E-state index in [1.807, 2.05) is 6.08 Å². The molecule has 0 N–H and O–H groups in total. The number of ether oxygens (including phenoxy) is 1. The Balaban J connectivity index is 1.74. The van der Waals surface area contributed by atoms with E-state index in [2.05, 4.69) is 9.98 Å². The van der Waals surface area contributed by atoms with E-state index in [-0.39, 0.29) is 10.8 Å². The zero-order chi connectivity index (χ0) is 20.6. The number of carbonyl (C=O) groups excluding carboxylic acids is 1. The molecule has 1 aliphatic heterocycles. The minimum Gasteiger partial charge on any atom is -0.493 e. The van der Waals surface area contributed by atoms with Crippen LogP contribution in [0.4, 0.5) is 0 Å². The lowest BCUT2D eigenvalue weighted by molar-refractivity contribution is -0.124. The highest BCUT2D eigenvalue weighted by Crippen LogP contribution is 2.37. The number of allylic oxidation sites excluding steroid dienone is 1. The second-order valence-corrected chi connectivity index (χ2v) is 9.94. The number of aromatic nitrogens is 1. The van der Waals surface area contributed by atoms with Crippen LogP contribution >= 0.6 is 0 Å². The Hall–Kier alpha value is -2.74. The number of hydrogen-bond donors (Lipinski definition) is 0. The summed E-state index contributed by atoms with van der Waals surface area (Å²) < 4.78 is 35.1. The van der Waals surface area contributed by atoms with Gasteiger partial charge in [0.1, 0.15) is 12.0 Å². The number of amides is 1. The van der Waals surface area contributed by atoms with E-state index in [1.54, 1.807) is 25.1 Å². The first-order chi connectivity index (χ1) is 13.7. The van der Waals surface area contributed by atoms with E-state index in [0.29, 0.717) is 41.5 Å². The Morgan fingerprint density at radius 2 is 2.10 bits per heavy atom. The van der Waals surface area contributed by atoms with Crippen LogP contribution in [-0.4, -0.2) is 38.4 Å². The summed E-state index contributed by atoms with van der Waals surface area (Å²) in [4.78, 5) is 20.9. The molecule has 1 unspecified atom stereocenters. The predicted octanol–water partition coefficient (Wildman–Crippen LogP) is 3.11. The third kappa shape index (κ3) is 4.32. The summed E-state index contributed by atoms with van der Waals surface area (Å²) in [5, 5.41) is 0. The number of aliphatic imine (C=N–C) groups is 1. The molecule has 0 saturated heterocycles. The van der Waals surface area contributed by atoms with Crippen LogP contribution < -0.4 is 4.74 Å². The van der Waals surface area contributed by atoms with Gasteiger partial charge in [-0.25, -0.2) is 18.4 Å². The molecule has 0 spiro atoms. The number of nitrogens with zero attached hydrogens (tertiary/aromatic N) is 2. The number of rotatable bonds is 7. The smallest absolute Gasteiger partial charge is 0.255 e. The van der Waals surface area contributed by atoms with E-state index in [4.69, 9.17) is 9.15 Å². The number of carbonyl (C=O) groups is 1. The van der Waals surface area contributed by atoms with Crippen LogP contribution in [0.3, 0.4) is 0 Å². The number of sulfone groups is 1. The molecule has 1 aliphatic carbocycles. The highest BCUT2D eigenvalue weighted by atomic mass is 32.2. The van der Waals surface area contributed by atoms with Gasteiger partial charge in [-0.3, -0.25) is 4.79 Å². The number of benzene rings is 1. The average molecular weight is 414 g/mol. The molecule has 1 atom stereocenters. The van der Waals surface area contributed by atoms with Crippen molar-refractivity contribution in [3.05, 3.63) is 48.2 Å². The molecule has 4 rings (SSSR count). The summed E-state index contributed by atoms with van der Waals surface area (Å²) in [6, 6.07) is 4.80. The standard InChI is InChI=1S/C21H22N2O5S/c1-21(9-16-12-27-13-23-16)8-15(10-22-20(21)24)18-7-17(29(2,25)26)5-6-19(18)28-11-14-3-4-14/h5-8,10,12-14H,3-4,9,11H2,1-2H3. The maximum atomic E-state index is 12.5. The van der Waals surface area contributed by atoms with Crippen molar-refractivity contribution in [2.24, 2.45) is 16.3 Å². The molecule has 1 saturated carbocycles. The number of dihydropyridines is 1. The quantitative estimate of drug-likeness (QED) is 0.690. The van der Waals surface area contributed by atoms with Crippen LogP contribution in [0, 0.1) is 11.3 Å². The molecule has 8 heteroatoms. The minimum atomic E-state index is -3.40. The summed E-state index contributed by atoms with van der Waals surface area (Å²) in [5.41, 5.74) is 0.974. The molecule has 1 aromatic heterocycles. The molecule has 0 bridgehead atoms. The fourth-order valence-corrected chi connectivity index (χ4v) is 3.92. The summed E-state index contributed by atoms with van der Waals surface area (Å²) in [6.07, 6.45) is 9.88. The normalized spacial score (nSPS) is 21.9. The minimum absolute atomic E-state index is 0.190. The zero-order valence-corrected chi connectivity index (χ0v) is 17.1. The van der Waals surface area contributed by atoms with E-state index in [1.165, 1.54) is 25.1 Å². The van der Waals surface area contributed by atoms with Crippen molar-refractivity contribution in [3.8, 4) is 5.75 Å². The van der Waals surface area contributed by atoms with Gasteiger partial charge in [0.15, 0.2) is 16.2 Å². The van der Waals surface area contributed by atoms with E-state index < -0.39 is 15.3 Å². The van der Waals surface area contributed by atoms with Gasteiger partial charge < -0.3 is 9.15 Å². The van der Waals surface area contributed by atoms with Crippen LogP contribution in [0.5, 0.6) is 5.75 Å². The van der Waals surface area contributed by atoms with Gasteiger partial charge in [-0.15, -0.1) is 0 Å². The summed E-state index contributed by atoms with van der Waals surface area (Å²) in [7, 11) is -3.40. The summed E-state index contributed by atoms with van der Waals surface area (Å²) in [5.74, 6) is 0.842. The van der Waals surface area contributed by atoms with Crippen molar-refractivity contribution < 1.29 is 22.4 Å². The van der Waals surface area contributed by atoms with Crippen molar-refractivity contribution in [3.63, 3.8) is 0 Å². The summed E-state index contributed by atoms with van der Waals surface area (Å²) >= 11 is 0. The largest absolute Gasteiger partial charge is 0.493 e. The molecule has 2 aliphatic rings. The highest BCUT2D eigenvalue weighted by molar-refractivity contribution is 7.90. The SMILES string of the molecule is CC1(Cc2cocn2)C=C(c2cc(S(C)(=O)=O)ccc2OCC2CC2)C=NC1=O. The van der Waals surface area contributed by atoms with Crippen molar-refractivity contribution in [1.82, 2.24) is 4.98 Å². The fourth-order valence-electron chi connectivity index (χ4n) is 3.28. The van der Waals surface area contributed by atoms with E-state index >= 15 is 0 Å². The first-order valence-electron chi connectivity index (χ1n) is 9.40. The average Bonchev–Trinajstić information content (AvgIpc) is 3.37. The van der Waals surface area contributed by atoms with Gasteiger partial charge in [0, 0.05) is 30.0 Å². The monoisotopic (exact) mass is 414 g/mol. The van der Waals surface area contributed by atoms with Gasteiger partial charge in [0.2, 0.25) is 0 Å². The van der Waals surface area contributed by atoms with Crippen molar-refractivity contribution in [2.75, 3.05) is 12.9 Å². The Labute approximate surface area is 169 Å². The van der Waals surface area contributed by atoms with Crippen molar-refractivity contribution >= 4 is 27.5 Å². The molecule has 1 amide bonds. The molecule has 152 valence electrons. The number of oxazole rings is 1. The molecule has 29 heavy (non-hydrogen) atoms. The molecule has 0 radical (unpaired) electrons. The fraction of sp³-hybridized carbons (Fsp3) is 0.381. The molecular weight excluding hydrogens is 392 g/mol. The van der Waals surface area contributed by atoms with Crippen molar-refractivity contribution in [2.45, 2.75) is 31.1 Å². The lowest BCUT2D eigenvalue weighted by Crippen LogP contribution is -2.30. The maximum Gasteiger partial charge on any atom is 0.255 e. The van der Waals surface area contributed by atoms with E-state index in [9.17, 15) is 13.2 Å². The topological polar surface area (TPSA) is 98.8 Å². The first kappa shape index (κ1) is 19.6. The van der Waals surface area contributed by atoms with Crippen LogP contribution in [-0.2, 0) is 21.1 Å². The highest BCUT2D eigenvalue weighted by Gasteiger charge is 2.35. The van der Waals surface area contributed by atoms with Crippen LogP contribution in [0.2, 0.25) is 0 Å². The predicted molar refractivity (Wildman–Crippen MR) is 108 cm³/mol. The van der Waals surface area contributed by atoms with Crippen LogP contribution in [0.15, 0.2) is 51.2 Å². The zero-order valence-electron chi connectivity index (χ0n) is 16.3. The molecule has 2 aromatic rings. The van der Waals surface area contributed by atoms with Crippen molar-refractivity contribution in [1.29, 1.82) is 0 Å². The van der Waals surface area contributed by atoms with Crippen LogP contribution in [0.25, 0.3) is 5.57 Å². The third-order valence-corrected chi connectivity index (χ3v) is 6.29. The molecular formula is C21H22N2O5S. The lowest BCUT2D eigenvalue weighted by Gasteiger charge is -2.26. The summed E-state index contributed by atoms with van der Waals surface area (Å²) in [6.45, 7) is 2.37. The molecule has 7 nitrogen and oxygen atoms in total. The Morgan fingerprint density at radius 1 is 1.31 bits per heavy atom. The third-order valence-electron chi connectivity index (χ3n) is 5.18. The van der Waals surface area contributed by atoms with Crippen LogP contribution in [0.1, 0.15) is 31.0 Å². The molecule has 2 heterocycles. The Bertz CT molecular complexity index is 1100. The van der Waals surface area contributed by atoms with Gasteiger partial charge in [-0.05, 0) is 43.9 Å². The molecule has 1 aromatic carbocycles. The maximum absolute atomic E-state index is 12.5. The first-order valence-corrected chi connectivity index (χ1v) is 11.3. The van der Waals surface area contributed by atoms with Gasteiger partial charge in [-0.1, -0.05) is 6.08 Å². The molecule has 1 fully saturated rings. The van der Waals surface area contributed by atoms with E-state index in [0.717, 1.165) is 12.8 Å². The number of hydrogen-bond acceptors (Lipinski definition) is 6. The Morgan fingerprint density at radius 3 is 2.76 bits per heavy atom. The second kappa shape index (κ2) is 7.26. The lowest BCUT2D eigenvalue weighted by atomic mass is 9.80. The van der Waals surface area contributed by atoms with Gasteiger partial charge in [-0.2, -0.15) is 0 Å². The van der Waals surface area contributed by atoms with Gasteiger partial charge >= 0.3 is 0 Å².